The number of hydrogen-bond donors (Lipinski definition) is 2. The molecule has 0 aromatic heterocycles. The first-order valence-electron chi connectivity index (χ1n) is 8.36. The zero-order chi connectivity index (χ0) is 20.3. The van der Waals surface area contributed by atoms with Crippen molar-refractivity contribution in [3.8, 4) is 11.5 Å². The van der Waals surface area contributed by atoms with Crippen LogP contribution in [0.1, 0.15) is 15.9 Å². The van der Waals surface area contributed by atoms with Crippen LogP contribution in [-0.2, 0) is 16.4 Å². The van der Waals surface area contributed by atoms with Gasteiger partial charge in [0.2, 0.25) is 10.0 Å². The second kappa shape index (κ2) is 8.46. The number of carbonyl (C=O) groups excluding carboxylic acids is 1. The summed E-state index contributed by atoms with van der Waals surface area (Å²) in [5, 5.41) is 3.45. The number of benzene rings is 2. The van der Waals surface area contributed by atoms with Crippen molar-refractivity contribution in [1.82, 2.24) is 5.32 Å². The molecule has 0 atom stereocenters. The summed E-state index contributed by atoms with van der Waals surface area (Å²) in [6.07, 6.45) is 1.54. The molecule has 28 heavy (non-hydrogen) atoms. The maximum Gasteiger partial charge on any atom is 0.251 e. The van der Waals surface area contributed by atoms with Crippen LogP contribution in [0, 0.1) is 0 Å². The minimum atomic E-state index is -3.51. The van der Waals surface area contributed by atoms with Gasteiger partial charge in [-0.1, -0.05) is 23.2 Å². The molecule has 0 fully saturated rings. The molecule has 0 aliphatic carbocycles. The predicted octanol–water partition coefficient (Wildman–Crippen LogP) is 3.11. The largest absolute Gasteiger partial charge is 0.486 e. The molecule has 1 heterocycles. The molecule has 1 aliphatic heterocycles. The summed E-state index contributed by atoms with van der Waals surface area (Å²) in [4.78, 5) is 12.4. The summed E-state index contributed by atoms with van der Waals surface area (Å²) in [7, 11) is -3.51. The first kappa shape index (κ1) is 20.6. The van der Waals surface area contributed by atoms with Crippen molar-refractivity contribution < 1.29 is 22.7 Å². The summed E-state index contributed by atoms with van der Waals surface area (Å²) in [6.45, 7) is 1.27. The van der Waals surface area contributed by atoms with Crippen molar-refractivity contribution in [1.29, 1.82) is 0 Å². The molecule has 1 amide bonds. The standard InChI is InChI=1S/C18H18Cl2N2O5S/c1-28(24,25)22-15-10-12(2-3-13(15)19)18(23)21-5-4-11-8-14(20)17-16(9-11)26-6-7-27-17/h2-3,8-10,22H,4-7H2,1H3,(H,21,23). The first-order valence-corrected chi connectivity index (χ1v) is 11.0. The van der Waals surface area contributed by atoms with Gasteiger partial charge in [0.05, 0.1) is 22.0 Å². The molecule has 0 unspecified atom stereocenters. The highest BCUT2D eigenvalue weighted by atomic mass is 35.5. The van der Waals surface area contributed by atoms with Gasteiger partial charge in [-0.2, -0.15) is 0 Å². The van der Waals surface area contributed by atoms with Crippen molar-refractivity contribution in [2.45, 2.75) is 6.42 Å². The fraction of sp³-hybridized carbons (Fsp3) is 0.278. The highest BCUT2D eigenvalue weighted by molar-refractivity contribution is 7.92. The van der Waals surface area contributed by atoms with E-state index in [1.54, 1.807) is 6.07 Å². The van der Waals surface area contributed by atoms with Gasteiger partial charge < -0.3 is 14.8 Å². The average molecular weight is 445 g/mol. The Balaban J connectivity index is 1.63. The number of anilines is 1. The molecule has 0 saturated carbocycles. The van der Waals surface area contributed by atoms with Crippen molar-refractivity contribution in [2.75, 3.05) is 30.7 Å². The van der Waals surface area contributed by atoms with Crippen LogP contribution in [0.2, 0.25) is 10.0 Å². The number of carbonyl (C=O) groups is 1. The Kier molecular flexibility index (Phi) is 6.22. The minimum Gasteiger partial charge on any atom is -0.486 e. The van der Waals surface area contributed by atoms with Crippen molar-refractivity contribution in [3.05, 3.63) is 51.5 Å². The average Bonchev–Trinajstić information content (AvgIpc) is 2.62. The van der Waals surface area contributed by atoms with Gasteiger partial charge in [0, 0.05) is 12.1 Å². The number of nitrogens with one attached hydrogen (secondary N) is 2. The molecule has 0 radical (unpaired) electrons. The van der Waals surface area contributed by atoms with E-state index in [4.69, 9.17) is 32.7 Å². The van der Waals surface area contributed by atoms with Crippen LogP contribution in [0.4, 0.5) is 5.69 Å². The molecule has 10 heteroatoms. The van der Waals surface area contributed by atoms with Crippen molar-refractivity contribution >= 4 is 44.8 Å². The van der Waals surface area contributed by atoms with Crippen LogP contribution < -0.4 is 19.5 Å². The second-order valence-electron chi connectivity index (χ2n) is 6.18. The molecule has 2 aromatic rings. The van der Waals surface area contributed by atoms with E-state index in [9.17, 15) is 13.2 Å². The minimum absolute atomic E-state index is 0.149. The second-order valence-corrected chi connectivity index (χ2v) is 8.74. The zero-order valence-electron chi connectivity index (χ0n) is 14.9. The van der Waals surface area contributed by atoms with Crippen molar-refractivity contribution in [2.24, 2.45) is 0 Å². The van der Waals surface area contributed by atoms with E-state index in [1.807, 2.05) is 6.07 Å². The molecule has 7 nitrogen and oxygen atoms in total. The normalized spacial score (nSPS) is 13.1. The van der Waals surface area contributed by atoms with Gasteiger partial charge in [-0.05, 0) is 42.3 Å². The molecular weight excluding hydrogens is 427 g/mol. The van der Waals surface area contributed by atoms with E-state index < -0.39 is 10.0 Å². The van der Waals surface area contributed by atoms with E-state index in [1.165, 1.54) is 18.2 Å². The van der Waals surface area contributed by atoms with E-state index >= 15 is 0 Å². The van der Waals surface area contributed by atoms with E-state index in [0.717, 1.165) is 11.8 Å². The molecular formula is C18H18Cl2N2O5S. The Labute approximate surface area is 173 Å². The summed E-state index contributed by atoms with van der Waals surface area (Å²) in [5.41, 5.74) is 1.33. The third kappa shape index (κ3) is 5.21. The van der Waals surface area contributed by atoms with Crippen LogP contribution in [0.3, 0.4) is 0 Å². The van der Waals surface area contributed by atoms with Gasteiger partial charge in [0.15, 0.2) is 11.5 Å². The maximum absolute atomic E-state index is 12.4. The Morgan fingerprint density at radius 3 is 2.61 bits per heavy atom. The number of hydrogen-bond acceptors (Lipinski definition) is 5. The lowest BCUT2D eigenvalue weighted by molar-refractivity contribution is 0.0954. The number of rotatable bonds is 6. The molecule has 150 valence electrons. The third-order valence-electron chi connectivity index (χ3n) is 3.88. The lowest BCUT2D eigenvalue weighted by Crippen LogP contribution is -2.26. The Hall–Kier alpha value is -2.16. The van der Waals surface area contributed by atoms with Crippen LogP contribution >= 0.6 is 23.2 Å². The van der Waals surface area contributed by atoms with Crippen LogP contribution in [-0.4, -0.2) is 40.3 Å². The number of fused-ring (bicyclic) bond motifs is 1. The monoisotopic (exact) mass is 444 g/mol. The van der Waals surface area contributed by atoms with Gasteiger partial charge in [-0.3, -0.25) is 9.52 Å². The SMILES string of the molecule is CS(=O)(=O)Nc1cc(C(=O)NCCc2cc(Cl)c3c(c2)OCCO3)ccc1Cl. The summed E-state index contributed by atoms with van der Waals surface area (Å²) in [5.74, 6) is 0.777. The summed E-state index contributed by atoms with van der Waals surface area (Å²) < 4.78 is 36.1. The van der Waals surface area contributed by atoms with Gasteiger partial charge in [0.25, 0.3) is 5.91 Å². The Bertz CT molecular complexity index is 1010. The summed E-state index contributed by atoms with van der Waals surface area (Å²) in [6, 6.07) is 7.98. The fourth-order valence-corrected chi connectivity index (χ4v) is 3.75. The fourth-order valence-electron chi connectivity index (χ4n) is 2.68. The number of halogens is 2. The molecule has 0 bridgehead atoms. The van der Waals surface area contributed by atoms with Crippen LogP contribution in [0.15, 0.2) is 30.3 Å². The predicted molar refractivity (Wildman–Crippen MR) is 108 cm³/mol. The summed E-state index contributed by atoms with van der Waals surface area (Å²) >= 11 is 12.2. The molecule has 2 N–H and O–H groups in total. The van der Waals surface area contributed by atoms with Gasteiger partial charge in [0.1, 0.15) is 13.2 Å². The first-order chi connectivity index (χ1) is 13.2. The van der Waals surface area contributed by atoms with E-state index in [-0.39, 0.29) is 22.2 Å². The Morgan fingerprint density at radius 1 is 1.11 bits per heavy atom. The lowest BCUT2D eigenvalue weighted by Gasteiger charge is -2.20. The maximum atomic E-state index is 12.4. The third-order valence-corrected chi connectivity index (χ3v) is 5.08. The highest BCUT2D eigenvalue weighted by Gasteiger charge is 2.17. The molecule has 2 aromatic carbocycles. The number of amides is 1. The quantitative estimate of drug-likeness (QED) is 0.713. The molecule has 0 spiro atoms. The number of sulfonamides is 1. The Morgan fingerprint density at radius 2 is 1.86 bits per heavy atom. The van der Waals surface area contributed by atoms with Crippen LogP contribution in [0.5, 0.6) is 11.5 Å². The van der Waals surface area contributed by atoms with E-state index in [2.05, 4.69) is 10.0 Å². The zero-order valence-corrected chi connectivity index (χ0v) is 17.2. The highest BCUT2D eigenvalue weighted by Crippen LogP contribution is 2.38. The van der Waals surface area contributed by atoms with Gasteiger partial charge >= 0.3 is 0 Å². The molecule has 0 saturated heterocycles. The molecule has 3 rings (SSSR count). The topological polar surface area (TPSA) is 93.7 Å². The smallest absolute Gasteiger partial charge is 0.251 e. The lowest BCUT2D eigenvalue weighted by atomic mass is 10.1. The van der Waals surface area contributed by atoms with Gasteiger partial charge in [-0.15, -0.1) is 0 Å². The van der Waals surface area contributed by atoms with E-state index in [0.29, 0.717) is 42.7 Å². The molecule has 1 aliphatic rings. The van der Waals surface area contributed by atoms with Crippen molar-refractivity contribution in [3.63, 3.8) is 0 Å². The van der Waals surface area contributed by atoms with Gasteiger partial charge in [-0.25, -0.2) is 8.42 Å². The van der Waals surface area contributed by atoms with Crippen LogP contribution in [0.25, 0.3) is 0 Å². The number of ether oxygens (including phenoxy) is 2.